The Kier molecular flexibility index (Phi) is 5.22. The van der Waals surface area contributed by atoms with Gasteiger partial charge in [-0.15, -0.1) is 6.42 Å². The fraction of sp³-hybridized carbons (Fsp3) is 0.200. The van der Waals surface area contributed by atoms with Crippen molar-refractivity contribution in [3.63, 3.8) is 0 Å². The summed E-state index contributed by atoms with van der Waals surface area (Å²) < 4.78 is 3.94. The van der Waals surface area contributed by atoms with Crippen LogP contribution in [0.2, 0.25) is 0 Å². The summed E-state index contributed by atoms with van der Waals surface area (Å²) in [6, 6.07) is 12.1. The van der Waals surface area contributed by atoms with E-state index in [9.17, 15) is 4.79 Å². The Bertz CT molecular complexity index is 1070. The van der Waals surface area contributed by atoms with Gasteiger partial charge >= 0.3 is 0 Å². The lowest BCUT2D eigenvalue weighted by Gasteiger charge is -2.04. The number of carbonyl (C=O) groups is 1. The molecule has 0 atom stereocenters. The molecule has 0 aliphatic carbocycles. The van der Waals surface area contributed by atoms with Crippen molar-refractivity contribution in [2.24, 2.45) is 4.99 Å². The molecule has 3 rings (SSSR count). The number of hydrogen-bond donors (Lipinski definition) is 0. The van der Waals surface area contributed by atoms with E-state index in [1.54, 1.807) is 0 Å². The number of amides is 1. The number of thiazole rings is 1. The number of benzene rings is 2. The number of terminal acetylenes is 1. The lowest BCUT2D eigenvalue weighted by Crippen LogP contribution is -2.17. The number of halogens is 1. The minimum absolute atomic E-state index is 0.162. The average molecular weight is 413 g/mol. The standard InChI is InChI=1S/C20H17BrN2OS/c1-4-9-23-17-8-7-16(21)12-18(17)25-20(23)22-19(24)11-15-10-13(2)5-6-14(15)3/h1,5-8,10,12H,9,11H2,2-3H3. The van der Waals surface area contributed by atoms with Crippen molar-refractivity contribution in [3.05, 3.63) is 62.4 Å². The first-order valence-corrected chi connectivity index (χ1v) is 9.45. The molecule has 0 aliphatic rings. The molecule has 25 heavy (non-hydrogen) atoms. The Morgan fingerprint density at radius 1 is 1.28 bits per heavy atom. The number of carbonyl (C=O) groups excluding carboxylic acids is 1. The van der Waals surface area contributed by atoms with Crippen molar-refractivity contribution in [1.82, 2.24) is 4.57 Å². The summed E-state index contributed by atoms with van der Waals surface area (Å²) in [7, 11) is 0. The third kappa shape index (κ3) is 3.92. The minimum Gasteiger partial charge on any atom is -0.305 e. The SMILES string of the molecule is C#CCn1c(=NC(=O)Cc2cc(C)ccc2C)sc2cc(Br)ccc21. The quantitative estimate of drug-likeness (QED) is 0.587. The van der Waals surface area contributed by atoms with Crippen LogP contribution >= 0.6 is 27.3 Å². The van der Waals surface area contributed by atoms with Gasteiger partial charge < -0.3 is 4.57 Å². The van der Waals surface area contributed by atoms with E-state index in [0.29, 0.717) is 17.8 Å². The van der Waals surface area contributed by atoms with Crippen LogP contribution in [0.15, 0.2) is 45.9 Å². The van der Waals surface area contributed by atoms with Crippen LogP contribution in [0.25, 0.3) is 10.2 Å². The van der Waals surface area contributed by atoms with Crippen molar-refractivity contribution in [2.45, 2.75) is 26.8 Å². The van der Waals surface area contributed by atoms with Crippen molar-refractivity contribution in [1.29, 1.82) is 0 Å². The highest BCUT2D eigenvalue weighted by Crippen LogP contribution is 2.22. The summed E-state index contributed by atoms with van der Waals surface area (Å²) >= 11 is 4.95. The van der Waals surface area contributed by atoms with Crippen LogP contribution in [0.3, 0.4) is 0 Å². The molecular formula is C20H17BrN2OS. The summed E-state index contributed by atoms with van der Waals surface area (Å²) in [6.45, 7) is 4.42. The molecule has 1 heterocycles. The Morgan fingerprint density at radius 3 is 2.84 bits per heavy atom. The Hall–Kier alpha value is -2.16. The first-order chi connectivity index (χ1) is 12.0. The zero-order valence-corrected chi connectivity index (χ0v) is 16.4. The second-order valence-electron chi connectivity index (χ2n) is 5.90. The van der Waals surface area contributed by atoms with Crippen molar-refractivity contribution in [2.75, 3.05) is 0 Å². The summed E-state index contributed by atoms with van der Waals surface area (Å²) in [5.41, 5.74) is 4.25. The molecule has 0 aliphatic heterocycles. The highest BCUT2D eigenvalue weighted by Gasteiger charge is 2.09. The van der Waals surface area contributed by atoms with Gasteiger partial charge in [0.2, 0.25) is 0 Å². The number of aromatic nitrogens is 1. The van der Waals surface area contributed by atoms with Gasteiger partial charge in [0.15, 0.2) is 4.80 Å². The molecule has 3 nitrogen and oxygen atoms in total. The van der Waals surface area contributed by atoms with E-state index in [2.05, 4.69) is 26.8 Å². The van der Waals surface area contributed by atoms with E-state index in [1.807, 2.05) is 54.8 Å². The molecule has 0 radical (unpaired) electrons. The van der Waals surface area contributed by atoms with Crippen LogP contribution in [-0.4, -0.2) is 10.5 Å². The van der Waals surface area contributed by atoms with Crippen LogP contribution in [0, 0.1) is 26.2 Å². The van der Waals surface area contributed by atoms with Crippen molar-refractivity contribution >= 4 is 43.4 Å². The highest BCUT2D eigenvalue weighted by atomic mass is 79.9. The maximum atomic E-state index is 12.5. The third-order valence-electron chi connectivity index (χ3n) is 3.96. The maximum absolute atomic E-state index is 12.5. The van der Waals surface area contributed by atoms with E-state index >= 15 is 0 Å². The predicted octanol–water partition coefficient (Wildman–Crippen LogP) is 4.39. The highest BCUT2D eigenvalue weighted by molar-refractivity contribution is 9.10. The Balaban J connectivity index is 2.02. The summed E-state index contributed by atoms with van der Waals surface area (Å²) in [5.74, 6) is 2.48. The number of fused-ring (bicyclic) bond motifs is 1. The van der Waals surface area contributed by atoms with E-state index < -0.39 is 0 Å². The molecule has 3 aromatic rings. The van der Waals surface area contributed by atoms with E-state index in [4.69, 9.17) is 6.42 Å². The van der Waals surface area contributed by atoms with Crippen LogP contribution in [0.1, 0.15) is 16.7 Å². The van der Waals surface area contributed by atoms with Crippen LogP contribution in [0.4, 0.5) is 0 Å². The molecule has 0 spiro atoms. The molecule has 5 heteroatoms. The molecular weight excluding hydrogens is 396 g/mol. The normalized spacial score (nSPS) is 11.7. The van der Waals surface area contributed by atoms with Crippen molar-refractivity contribution in [3.8, 4) is 12.3 Å². The molecule has 0 saturated heterocycles. The van der Waals surface area contributed by atoms with Gasteiger partial charge in [0.1, 0.15) is 0 Å². The van der Waals surface area contributed by atoms with Crippen molar-refractivity contribution < 1.29 is 4.79 Å². The van der Waals surface area contributed by atoms with Crippen LogP contribution in [0.5, 0.6) is 0 Å². The van der Waals surface area contributed by atoms with Gasteiger partial charge in [-0.3, -0.25) is 4.79 Å². The predicted molar refractivity (Wildman–Crippen MR) is 107 cm³/mol. The van der Waals surface area contributed by atoms with Gasteiger partial charge in [-0.05, 0) is 43.2 Å². The van der Waals surface area contributed by atoms with Gasteiger partial charge in [-0.25, -0.2) is 0 Å². The third-order valence-corrected chi connectivity index (χ3v) is 5.50. The largest absolute Gasteiger partial charge is 0.305 e. The number of nitrogens with zero attached hydrogens (tertiary/aromatic N) is 2. The monoisotopic (exact) mass is 412 g/mol. The molecule has 0 saturated carbocycles. The van der Waals surface area contributed by atoms with E-state index in [0.717, 1.165) is 31.4 Å². The van der Waals surface area contributed by atoms with Gasteiger partial charge in [0.25, 0.3) is 5.91 Å². The molecule has 0 bridgehead atoms. The summed E-state index contributed by atoms with van der Waals surface area (Å²) in [5, 5.41) is 0. The van der Waals surface area contributed by atoms with E-state index in [1.165, 1.54) is 11.3 Å². The van der Waals surface area contributed by atoms with Gasteiger partial charge in [0.05, 0.1) is 23.2 Å². The number of rotatable bonds is 3. The number of hydrogen-bond acceptors (Lipinski definition) is 2. The molecule has 0 fully saturated rings. The van der Waals surface area contributed by atoms with E-state index in [-0.39, 0.29) is 5.91 Å². The fourth-order valence-corrected chi connectivity index (χ4v) is 4.27. The Morgan fingerprint density at radius 2 is 2.08 bits per heavy atom. The molecule has 0 unspecified atom stereocenters. The molecule has 126 valence electrons. The molecule has 1 aromatic heterocycles. The average Bonchev–Trinajstić information content (AvgIpc) is 2.88. The smallest absolute Gasteiger partial charge is 0.252 e. The first kappa shape index (κ1) is 17.7. The maximum Gasteiger partial charge on any atom is 0.252 e. The second-order valence-corrected chi connectivity index (χ2v) is 7.82. The van der Waals surface area contributed by atoms with Gasteiger partial charge in [0, 0.05) is 4.47 Å². The number of aryl methyl sites for hydroxylation is 2. The fourth-order valence-electron chi connectivity index (χ4n) is 2.68. The lowest BCUT2D eigenvalue weighted by atomic mass is 10.0. The molecule has 2 aromatic carbocycles. The minimum atomic E-state index is -0.162. The second kappa shape index (κ2) is 7.38. The zero-order chi connectivity index (χ0) is 18.0. The summed E-state index contributed by atoms with van der Waals surface area (Å²) in [6.07, 6.45) is 5.79. The topological polar surface area (TPSA) is 34.4 Å². The molecule has 1 amide bonds. The molecule has 0 N–H and O–H groups in total. The van der Waals surface area contributed by atoms with Gasteiger partial charge in [-0.2, -0.15) is 4.99 Å². The lowest BCUT2D eigenvalue weighted by molar-refractivity contribution is -0.117. The first-order valence-electron chi connectivity index (χ1n) is 7.84. The van der Waals surface area contributed by atoms with Crippen LogP contribution in [-0.2, 0) is 17.8 Å². The van der Waals surface area contributed by atoms with Gasteiger partial charge in [-0.1, -0.05) is 56.9 Å². The summed E-state index contributed by atoms with van der Waals surface area (Å²) in [4.78, 5) is 17.5. The zero-order valence-electron chi connectivity index (χ0n) is 14.0. The van der Waals surface area contributed by atoms with Crippen LogP contribution < -0.4 is 4.80 Å². The Labute approximate surface area is 159 Å².